The van der Waals surface area contributed by atoms with Crippen molar-refractivity contribution in [2.75, 3.05) is 11.9 Å². The van der Waals surface area contributed by atoms with Crippen LogP contribution in [0.2, 0.25) is 0 Å². The summed E-state index contributed by atoms with van der Waals surface area (Å²) in [6.45, 7) is 6.45. The molecule has 152 valence electrons. The molecule has 1 N–H and O–H groups in total. The first-order chi connectivity index (χ1) is 14.4. The van der Waals surface area contributed by atoms with Crippen molar-refractivity contribution in [3.05, 3.63) is 84.4 Å². The molecule has 0 aliphatic heterocycles. The van der Waals surface area contributed by atoms with E-state index in [0.29, 0.717) is 11.4 Å². The van der Waals surface area contributed by atoms with Gasteiger partial charge in [0.05, 0.1) is 0 Å². The first kappa shape index (κ1) is 19.8. The molecule has 0 aliphatic carbocycles. The van der Waals surface area contributed by atoms with Crippen molar-refractivity contribution in [2.45, 2.75) is 26.2 Å². The first-order valence-electron chi connectivity index (χ1n) is 10.0. The number of hydrogen-bond acceptors (Lipinski definition) is 3. The Morgan fingerprint density at radius 3 is 2.30 bits per heavy atom. The summed E-state index contributed by atoms with van der Waals surface area (Å²) in [6, 6.07) is 25.4. The Labute approximate surface area is 176 Å². The minimum Gasteiger partial charge on any atom is -0.484 e. The lowest BCUT2D eigenvalue weighted by Crippen LogP contribution is -2.20. The molecule has 1 amide bonds. The van der Waals surface area contributed by atoms with Crippen LogP contribution in [0.1, 0.15) is 26.3 Å². The lowest BCUT2D eigenvalue weighted by Gasteiger charge is -2.19. The largest absolute Gasteiger partial charge is 0.484 e. The van der Waals surface area contributed by atoms with E-state index in [1.807, 2.05) is 78.9 Å². The smallest absolute Gasteiger partial charge is 0.262 e. The fourth-order valence-corrected chi connectivity index (χ4v) is 3.24. The number of hydrogen-bond donors (Lipinski definition) is 1. The van der Waals surface area contributed by atoms with E-state index >= 15 is 0 Å². The minimum absolute atomic E-state index is 0.0415. The maximum absolute atomic E-state index is 12.2. The third-order valence-electron chi connectivity index (χ3n) is 4.97. The fraction of sp³-hybridized carbons (Fsp3) is 0.192. The molecule has 30 heavy (non-hydrogen) atoms. The summed E-state index contributed by atoms with van der Waals surface area (Å²) in [5.74, 6) is 1.28. The molecule has 4 nitrogen and oxygen atoms in total. The summed E-state index contributed by atoms with van der Waals surface area (Å²) in [6.07, 6.45) is 0. The van der Waals surface area contributed by atoms with E-state index in [4.69, 9.17) is 9.15 Å². The Kier molecular flexibility index (Phi) is 5.32. The highest BCUT2D eigenvalue weighted by atomic mass is 16.5. The van der Waals surface area contributed by atoms with Gasteiger partial charge in [-0.15, -0.1) is 0 Å². The zero-order chi connectivity index (χ0) is 21.1. The Morgan fingerprint density at radius 2 is 1.63 bits per heavy atom. The molecule has 0 fully saturated rings. The molecule has 1 heterocycles. The topological polar surface area (TPSA) is 51.5 Å². The van der Waals surface area contributed by atoms with E-state index in [2.05, 4.69) is 26.1 Å². The first-order valence-corrected chi connectivity index (χ1v) is 10.0. The second-order valence-electron chi connectivity index (χ2n) is 8.34. The number of ether oxygens (including phenoxy) is 1. The van der Waals surface area contributed by atoms with Gasteiger partial charge in [0, 0.05) is 16.6 Å². The third kappa shape index (κ3) is 4.54. The molecule has 0 saturated carbocycles. The number of anilines is 1. The fourth-order valence-electron chi connectivity index (χ4n) is 3.24. The summed E-state index contributed by atoms with van der Waals surface area (Å²) < 4.78 is 11.5. The SMILES string of the molecule is CC(C)(C)c1ccc(OCC(=O)Nc2ccc(-c3cc4ccccc4o3)cc2)cc1. The number of para-hydroxylation sites is 1. The Hall–Kier alpha value is -3.53. The van der Waals surface area contributed by atoms with Gasteiger partial charge in [0.15, 0.2) is 6.61 Å². The van der Waals surface area contributed by atoms with Crippen LogP contribution in [0.5, 0.6) is 5.75 Å². The van der Waals surface area contributed by atoms with Gasteiger partial charge in [0.25, 0.3) is 5.91 Å². The Balaban J connectivity index is 1.34. The molecular formula is C26H25NO3. The van der Waals surface area contributed by atoms with Crippen LogP contribution in [-0.2, 0) is 10.2 Å². The Morgan fingerprint density at radius 1 is 0.933 bits per heavy atom. The molecule has 0 aliphatic rings. The van der Waals surface area contributed by atoms with Crippen LogP contribution < -0.4 is 10.1 Å². The van der Waals surface area contributed by atoms with Crippen LogP contribution in [0.15, 0.2) is 83.3 Å². The van der Waals surface area contributed by atoms with E-state index in [-0.39, 0.29) is 17.9 Å². The second-order valence-corrected chi connectivity index (χ2v) is 8.34. The molecule has 0 bridgehead atoms. The van der Waals surface area contributed by atoms with Gasteiger partial charge in [-0.25, -0.2) is 0 Å². The molecule has 0 unspecified atom stereocenters. The minimum atomic E-state index is -0.202. The summed E-state index contributed by atoms with van der Waals surface area (Å²) in [5.41, 5.74) is 3.84. The average molecular weight is 399 g/mol. The predicted molar refractivity (Wildman–Crippen MR) is 121 cm³/mol. The quantitative estimate of drug-likeness (QED) is 0.421. The van der Waals surface area contributed by atoms with E-state index in [9.17, 15) is 4.79 Å². The predicted octanol–water partition coefficient (Wildman–Crippen LogP) is 6.41. The monoisotopic (exact) mass is 399 g/mol. The van der Waals surface area contributed by atoms with Crippen molar-refractivity contribution in [2.24, 2.45) is 0 Å². The average Bonchev–Trinajstić information content (AvgIpc) is 3.17. The molecule has 0 radical (unpaired) electrons. The molecule has 0 atom stereocenters. The van der Waals surface area contributed by atoms with E-state index in [0.717, 1.165) is 22.3 Å². The molecule has 4 aromatic rings. The second kappa shape index (κ2) is 8.07. The Bertz CT molecular complexity index is 1120. The van der Waals surface area contributed by atoms with Gasteiger partial charge >= 0.3 is 0 Å². The van der Waals surface area contributed by atoms with Gasteiger partial charge < -0.3 is 14.5 Å². The highest BCUT2D eigenvalue weighted by Crippen LogP contribution is 2.28. The van der Waals surface area contributed by atoms with Crippen LogP contribution in [0.25, 0.3) is 22.3 Å². The normalized spacial score (nSPS) is 11.4. The highest BCUT2D eigenvalue weighted by molar-refractivity contribution is 5.92. The van der Waals surface area contributed by atoms with Crippen LogP contribution in [-0.4, -0.2) is 12.5 Å². The van der Waals surface area contributed by atoms with Gasteiger partial charge in [-0.3, -0.25) is 4.79 Å². The molecule has 0 saturated heterocycles. The van der Waals surface area contributed by atoms with Gasteiger partial charge in [0.2, 0.25) is 0 Å². The lowest BCUT2D eigenvalue weighted by atomic mass is 9.87. The number of amides is 1. The van der Waals surface area contributed by atoms with Crippen LogP contribution in [0, 0.1) is 0 Å². The zero-order valence-corrected chi connectivity index (χ0v) is 17.4. The van der Waals surface area contributed by atoms with Crippen molar-refractivity contribution in [1.82, 2.24) is 0 Å². The van der Waals surface area contributed by atoms with Crippen LogP contribution >= 0.6 is 0 Å². The number of fused-ring (bicyclic) bond motifs is 1. The molecule has 4 heteroatoms. The van der Waals surface area contributed by atoms with Crippen molar-refractivity contribution >= 4 is 22.6 Å². The summed E-state index contributed by atoms with van der Waals surface area (Å²) in [5, 5.41) is 3.93. The molecule has 0 spiro atoms. The summed E-state index contributed by atoms with van der Waals surface area (Å²) in [7, 11) is 0. The molecular weight excluding hydrogens is 374 g/mol. The van der Waals surface area contributed by atoms with E-state index < -0.39 is 0 Å². The van der Waals surface area contributed by atoms with Crippen molar-refractivity contribution in [3.63, 3.8) is 0 Å². The molecule has 4 rings (SSSR count). The zero-order valence-electron chi connectivity index (χ0n) is 17.4. The van der Waals surface area contributed by atoms with Gasteiger partial charge in [-0.2, -0.15) is 0 Å². The van der Waals surface area contributed by atoms with E-state index in [1.54, 1.807) is 0 Å². The molecule has 3 aromatic carbocycles. The van der Waals surface area contributed by atoms with Gasteiger partial charge in [-0.1, -0.05) is 51.1 Å². The number of benzene rings is 3. The van der Waals surface area contributed by atoms with Crippen LogP contribution in [0.3, 0.4) is 0 Å². The number of carbonyl (C=O) groups is 1. The maximum atomic E-state index is 12.2. The van der Waals surface area contributed by atoms with Crippen molar-refractivity contribution in [1.29, 1.82) is 0 Å². The number of nitrogens with one attached hydrogen (secondary N) is 1. The standard InChI is InChI=1S/C26H25NO3/c1-26(2,3)20-10-14-22(15-11-20)29-17-25(28)27-21-12-8-18(9-13-21)24-16-19-6-4-5-7-23(19)30-24/h4-16H,17H2,1-3H3,(H,27,28). The van der Waals surface area contributed by atoms with Crippen LogP contribution in [0.4, 0.5) is 5.69 Å². The van der Waals surface area contributed by atoms with Gasteiger partial charge in [0.1, 0.15) is 17.1 Å². The highest BCUT2D eigenvalue weighted by Gasteiger charge is 2.13. The van der Waals surface area contributed by atoms with Gasteiger partial charge in [-0.05, 0) is 59.5 Å². The van der Waals surface area contributed by atoms with Crippen molar-refractivity contribution < 1.29 is 13.9 Å². The van der Waals surface area contributed by atoms with E-state index in [1.165, 1.54) is 5.56 Å². The number of carbonyl (C=O) groups excluding carboxylic acids is 1. The summed E-state index contributed by atoms with van der Waals surface area (Å²) >= 11 is 0. The van der Waals surface area contributed by atoms with Crippen molar-refractivity contribution in [3.8, 4) is 17.1 Å². The maximum Gasteiger partial charge on any atom is 0.262 e. The number of furan rings is 1. The molecule has 1 aromatic heterocycles. The lowest BCUT2D eigenvalue weighted by molar-refractivity contribution is -0.118. The third-order valence-corrected chi connectivity index (χ3v) is 4.97. The summed E-state index contributed by atoms with van der Waals surface area (Å²) in [4.78, 5) is 12.2. The number of rotatable bonds is 5.